The molecule has 2 amide bonds. The molecule has 0 bridgehead atoms. The summed E-state index contributed by atoms with van der Waals surface area (Å²) in [6.07, 6.45) is -76.7. The normalized spacial score (nSPS) is 37.9. The average molecular weight is 1670 g/mol. The Kier molecular flexibility index (Phi) is 35.9. The third-order valence-electron chi connectivity index (χ3n) is 17.6. The van der Waals surface area contributed by atoms with Gasteiger partial charge in [0.2, 0.25) is 11.8 Å². The van der Waals surface area contributed by atoms with Crippen molar-refractivity contribution in [1.82, 2.24) is 10.6 Å². The number of carboxylic acid groups (broad SMARTS) is 2. The molecule has 6 rings (SSSR count). The predicted molar refractivity (Wildman–Crippen MR) is 332 cm³/mol. The highest BCUT2D eigenvalue weighted by Gasteiger charge is 2.65. The molecule has 640 valence electrons. The van der Waals surface area contributed by atoms with Crippen LogP contribution in [0.1, 0.15) is 38.5 Å². The predicted octanol–water partition coefficient (Wildman–Crippen LogP) is -16.2. The maximum absolute atomic E-state index is 14.3. The number of amides is 2. The van der Waals surface area contributed by atoms with Gasteiger partial charge in [-0.25, -0.2) is 18.7 Å². The maximum Gasteiger partial charge on any atom is 0.472 e. The third-order valence-corrected chi connectivity index (χ3v) is 18.6. The molecule has 6 aliphatic rings. The van der Waals surface area contributed by atoms with E-state index in [0.29, 0.717) is 0 Å². The summed E-state index contributed by atoms with van der Waals surface area (Å²) < 4.78 is 119. The molecule has 53 nitrogen and oxygen atoms in total. The number of aliphatic hydroxyl groups is 18. The summed E-state index contributed by atoms with van der Waals surface area (Å²) in [6, 6.07) is -4.59. The second-order valence-electron chi connectivity index (χ2n) is 25.3. The maximum atomic E-state index is 14.3. The van der Waals surface area contributed by atoms with E-state index in [1.807, 2.05) is 0 Å². The van der Waals surface area contributed by atoms with Crippen LogP contribution < -0.4 is 10.6 Å². The van der Waals surface area contributed by atoms with Crippen molar-refractivity contribution >= 4 is 64.3 Å². The third kappa shape index (κ3) is 24.5. The van der Waals surface area contributed by atoms with E-state index in [0.717, 1.165) is 0 Å². The molecule has 6 aliphatic heterocycles. The SMILES string of the molecule is O=COCCC(=O)N[C@H]1[C@H](OC[C@H]2O[C@H](OP(=O)(O)O)[C@H](NC(=O)CCO)[C@@H](OC(=O)CCO)[C@@H]2O)O[C@H](CO[C@]2(C(=O)O)C[C@@H](O[C@]3(C(=O)O)C[C@@H](O)[C@@H](O)[C@@H]([C@H](O)CO)O3)[C@@H](O[C@H]3O[C@H]([C@@H](O)CO)[C@@H](O)[C@H](O[C@H]4O[C@H]([C@@H](O)CO)[C@@H](O)[C@H](O)[C@@H]4O)[C@@H]3O)[C@@H]([C@H](O)CO)O2)[C@@H](OP(=O)(O)O)[C@@H]1OC(=O)CCOC=O. The van der Waals surface area contributed by atoms with Crippen LogP contribution >= 0.6 is 15.6 Å². The summed E-state index contributed by atoms with van der Waals surface area (Å²) in [6.45, 7) is -12.7. The molecule has 0 aromatic rings. The van der Waals surface area contributed by atoms with Gasteiger partial charge in [-0.2, -0.15) is 0 Å². The van der Waals surface area contributed by atoms with Gasteiger partial charge < -0.3 is 203 Å². The number of ether oxygens (including phenoxy) is 15. The van der Waals surface area contributed by atoms with Crippen molar-refractivity contribution in [3.63, 3.8) is 0 Å². The van der Waals surface area contributed by atoms with Crippen molar-refractivity contribution in [2.45, 2.75) is 234 Å². The molecular weight excluding hydrogens is 1580 g/mol. The van der Waals surface area contributed by atoms with E-state index in [4.69, 9.17) is 70.6 Å². The standard InChI is InChI=1S/C56H90N2O51P2/c59-5-1-27(72)57-31-46(99-29(74)2-6-60)34(77)25(97-50(31)109-111(90,91)92)15-95-49-32(58-28(73)3-7-93-17-65)47(100-30(75)4-8-94-18-66)45(108-110(87,88)89)26(98-49)16-96-55(53(83)84)10-24(105-56(54(85)86)9-19(67)33(76)42(106-56)22(70)13-63)44(43(107-55)23(71)14-64)103-52-39(82)48(38(81)41(102-52)21(69)12-62)104-51-37(80)35(78)36(79)40(101-51)20(68)11-61/h17-26,31-52,59-64,67-71,76-82H,1-16H2,(H,57,72)(H,58,73)(H,83,84)(H,85,86)(H2,87,88,89)(H2,90,91,92)/t19-,20+,21+,22-,23-,24-,25-,26-,31-,32-,33-,34-,35+,36+,37+,38-,39+,40-,41-,42-,43-,44-,45-,46-,47-,48+,49-,50-,51-,52-,55-,56-/m1/s1. The summed E-state index contributed by atoms with van der Waals surface area (Å²) in [5.74, 6) is -17.9. The summed E-state index contributed by atoms with van der Waals surface area (Å²) in [5, 5.41) is 220. The Morgan fingerprint density at radius 1 is 0.468 bits per heavy atom. The molecule has 6 heterocycles. The number of hydrogen-bond acceptors (Lipinski definition) is 45. The van der Waals surface area contributed by atoms with E-state index in [9.17, 15) is 169 Å². The lowest BCUT2D eigenvalue weighted by molar-refractivity contribution is -0.406. The first kappa shape index (κ1) is 94.7. The quantitative estimate of drug-likeness (QED) is 0.00887. The zero-order valence-electron chi connectivity index (χ0n) is 57.4. The molecule has 111 heavy (non-hydrogen) atoms. The van der Waals surface area contributed by atoms with Crippen LogP contribution in [0.5, 0.6) is 0 Å². The minimum absolute atomic E-state index is 0.140. The molecule has 32 atom stereocenters. The minimum atomic E-state index is -6.24. The van der Waals surface area contributed by atoms with Gasteiger partial charge in [-0.15, -0.1) is 0 Å². The van der Waals surface area contributed by atoms with Crippen LogP contribution in [0.2, 0.25) is 0 Å². The average Bonchev–Trinajstić information content (AvgIpc) is 0.741. The largest absolute Gasteiger partial charge is 0.477 e. The van der Waals surface area contributed by atoms with Gasteiger partial charge in [0.15, 0.2) is 37.4 Å². The number of aliphatic carboxylic acids is 2. The second kappa shape index (κ2) is 42.1. The minimum Gasteiger partial charge on any atom is -0.477 e. The van der Waals surface area contributed by atoms with Crippen LogP contribution in [0.15, 0.2) is 0 Å². The van der Waals surface area contributed by atoms with E-state index >= 15 is 0 Å². The Morgan fingerprint density at radius 2 is 0.955 bits per heavy atom. The molecule has 0 radical (unpaired) electrons. The highest BCUT2D eigenvalue weighted by Crippen LogP contribution is 2.47. The Morgan fingerprint density at radius 3 is 1.50 bits per heavy atom. The number of aliphatic hydroxyl groups excluding tert-OH is 18. The molecule has 26 N–H and O–H groups in total. The fourth-order valence-electron chi connectivity index (χ4n) is 12.3. The van der Waals surface area contributed by atoms with Crippen molar-refractivity contribution in [2.75, 3.05) is 66.1 Å². The van der Waals surface area contributed by atoms with Crippen LogP contribution in [0.4, 0.5) is 0 Å². The Bertz CT molecular complexity index is 3120. The van der Waals surface area contributed by atoms with E-state index in [1.165, 1.54) is 0 Å². The molecule has 6 fully saturated rings. The first-order valence-corrected chi connectivity index (χ1v) is 36.3. The molecule has 0 saturated carbocycles. The van der Waals surface area contributed by atoms with Crippen molar-refractivity contribution in [3.05, 3.63) is 0 Å². The number of nitrogens with one attached hydrogen (secondary N) is 2. The van der Waals surface area contributed by atoms with E-state index in [2.05, 4.69) is 20.1 Å². The van der Waals surface area contributed by atoms with Gasteiger partial charge in [0, 0.05) is 19.3 Å². The molecular formula is C56H90N2O51P2. The lowest BCUT2D eigenvalue weighted by Crippen LogP contribution is -2.71. The van der Waals surface area contributed by atoms with Crippen LogP contribution in [-0.4, -0.2) is 432 Å². The highest BCUT2D eigenvalue weighted by molar-refractivity contribution is 7.46. The molecule has 6 saturated heterocycles. The van der Waals surface area contributed by atoms with E-state index in [-0.39, 0.29) is 12.9 Å². The number of carbonyl (C=O) groups is 8. The van der Waals surface area contributed by atoms with Crippen molar-refractivity contribution in [2.24, 2.45) is 0 Å². The lowest BCUT2D eigenvalue weighted by atomic mass is 9.89. The van der Waals surface area contributed by atoms with Crippen molar-refractivity contribution in [1.29, 1.82) is 0 Å². The van der Waals surface area contributed by atoms with E-state index < -0.39 is 351 Å². The van der Waals surface area contributed by atoms with E-state index in [1.54, 1.807) is 0 Å². The fraction of sp³-hybridized carbons (Fsp3) is 0.857. The zero-order valence-corrected chi connectivity index (χ0v) is 59.2. The summed E-state index contributed by atoms with van der Waals surface area (Å²) in [4.78, 5) is 145. The number of carboxylic acids is 2. The van der Waals surface area contributed by atoms with Crippen LogP contribution in [0, 0.1) is 0 Å². The molecule has 0 aromatic heterocycles. The summed E-state index contributed by atoms with van der Waals surface area (Å²) >= 11 is 0. The second-order valence-corrected chi connectivity index (χ2v) is 27.7. The van der Waals surface area contributed by atoms with Gasteiger partial charge >= 0.3 is 39.5 Å². The molecule has 0 spiro atoms. The summed E-state index contributed by atoms with van der Waals surface area (Å²) in [5.41, 5.74) is 0. The van der Waals surface area contributed by atoms with Gasteiger partial charge in [0.05, 0.1) is 90.9 Å². The van der Waals surface area contributed by atoms with Gasteiger partial charge in [-0.1, -0.05) is 0 Å². The first-order chi connectivity index (χ1) is 52.1. The van der Waals surface area contributed by atoms with Gasteiger partial charge in [-0.3, -0.25) is 37.8 Å². The zero-order chi connectivity index (χ0) is 82.9. The van der Waals surface area contributed by atoms with Crippen molar-refractivity contribution < 1.29 is 249 Å². The first-order valence-electron chi connectivity index (χ1n) is 33.2. The molecule has 0 aromatic carbocycles. The van der Waals surface area contributed by atoms with Crippen LogP contribution in [0.25, 0.3) is 0 Å². The van der Waals surface area contributed by atoms with Crippen molar-refractivity contribution in [3.8, 4) is 0 Å². The Labute approximate surface area is 622 Å². The number of hydrogen-bond donors (Lipinski definition) is 26. The van der Waals surface area contributed by atoms with Crippen LogP contribution in [0.3, 0.4) is 0 Å². The smallest absolute Gasteiger partial charge is 0.472 e. The number of phosphoric ester groups is 2. The number of rotatable bonds is 42. The number of carbonyl (C=O) groups excluding carboxylic acids is 6. The Balaban J connectivity index is 1.55. The van der Waals surface area contributed by atoms with Gasteiger partial charge in [0.1, 0.15) is 141 Å². The summed E-state index contributed by atoms with van der Waals surface area (Å²) in [7, 11) is -12.1. The van der Waals surface area contributed by atoms with Crippen LogP contribution in [-0.2, 0) is 128 Å². The molecule has 0 unspecified atom stereocenters. The number of phosphoric acid groups is 2. The highest BCUT2D eigenvalue weighted by atomic mass is 31.2. The monoisotopic (exact) mass is 1670 g/mol. The number of esters is 2. The lowest BCUT2D eigenvalue weighted by Gasteiger charge is -2.52. The van der Waals surface area contributed by atoms with Gasteiger partial charge in [-0.05, 0) is 0 Å². The fourth-order valence-corrected chi connectivity index (χ4v) is 13.3. The molecule has 55 heteroatoms. The Hall–Kier alpha value is -5.18. The topological polar surface area (TPSA) is 837 Å². The van der Waals surface area contributed by atoms with Gasteiger partial charge in [0.25, 0.3) is 24.5 Å². The molecule has 0 aliphatic carbocycles.